The van der Waals surface area contributed by atoms with Crippen LogP contribution < -0.4 is 0 Å². The topological polar surface area (TPSA) is 57.0 Å². The maximum absolute atomic E-state index is 11.5. The normalized spacial score (nSPS) is 10.7. The van der Waals surface area contributed by atoms with Crippen LogP contribution in [0.5, 0.6) is 0 Å². The maximum Gasteiger partial charge on any atom is 0.337 e. The molecule has 0 atom stereocenters. The van der Waals surface area contributed by atoms with Crippen LogP contribution in [0.25, 0.3) is 0 Å². The van der Waals surface area contributed by atoms with Gasteiger partial charge in [0.15, 0.2) is 5.16 Å². The molecule has 0 spiro atoms. The average molecular weight is 367 g/mol. The first kappa shape index (κ1) is 18.2. The molecule has 0 saturated heterocycles. The summed E-state index contributed by atoms with van der Waals surface area (Å²) in [5.41, 5.74) is 2.91. The van der Waals surface area contributed by atoms with Crippen molar-refractivity contribution in [2.45, 2.75) is 30.8 Å². The van der Waals surface area contributed by atoms with Crippen LogP contribution >= 0.6 is 11.8 Å². The number of benzene rings is 2. The maximum atomic E-state index is 11.5. The molecule has 2 aromatic carbocycles. The predicted octanol–water partition coefficient (Wildman–Crippen LogP) is 3.97. The second-order valence-electron chi connectivity index (χ2n) is 5.78. The van der Waals surface area contributed by atoms with Gasteiger partial charge in [-0.25, -0.2) is 4.79 Å². The smallest absolute Gasteiger partial charge is 0.337 e. The first-order chi connectivity index (χ1) is 12.7. The quantitative estimate of drug-likeness (QED) is 0.467. The highest BCUT2D eigenvalue weighted by atomic mass is 32.2. The molecule has 0 aliphatic carbocycles. The number of nitrogens with zero attached hydrogens (tertiary/aromatic N) is 3. The van der Waals surface area contributed by atoms with Gasteiger partial charge in [0.05, 0.1) is 12.7 Å². The largest absolute Gasteiger partial charge is 0.465 e. The Balaban J connectivity index is 1.67. The van der Waals surface area contributed by atoms with Gasteiger partial charge in [-0.1, -0.05) is 54.2 Å². The van der Waals surface area contributed by atoms with E-state index in [1.807, 2.05) is 30.3 Å². The molecule has 1 heterocycles. The first-order valence-corrected chi connectivity index (χ1v) is 9.46. The molecule has 0 unspecified atom stereocenters. The minimum atomic E-state index is -0.319. The number of hydrogen-bond acceptors (Lipinski definition) is 5. The van der Waals surface area contributed by atoms with Crippen molar-refractivity contribution >= 4 is 17.7 Å². The second-order valence-corrected chi connectivity index (χ2v) is 6.73. The van der Waals surface area contributed by atoms with E-state index in [2.05, 4.69) is 33.8 Å². The van der Waals surface area contributed by atoms with Crippen LogP contribution in [0.4, 0.5) is 0 Å². The minimum absolute atomic E-state index is 0.319. The minimum Gasteiger partial charge on any atom is -0.465 e. The summed E-state index contributed by atoms with van der Waals surface area (Å²) in [7, 11) is 1.39. The molecular formula is C20H21N3O2S. The number of carbonyl (C=O) groups is 1. The molecule has 0 aliphatic heterocycles. The molecule has 3 aromatic rings. The molecule has 0 aliphatic rings. The zero-order chi connectivity index (χ0) is 18.4. The Morgan fingerprint density at radius 3 is 2.42 bits per heavy atom. The molecule has 0 N–H and O–H groups in total. The highest BCUT2D eigenvalue weighted by Gasteiger charge is 2.12. The molecule has 0 saturated carbocycles. The Kier molecular flexibility index (Phi) is 6.07. The fourth-order valence-corrected chi connectivity index (χ4v) is 3.63. The molecule has 3 rings (SSSR count). The number of ether oxygens (including phenoxy) is 1. The third-order valence-corrected chi connectivity index (χ3v) is 5.10. The summed E-state index contributed by atoms with van der Waals surface area (Å²) in [5.74, 6) is 1.42. The van der Waals surface area contributed by atoms with Gasteiger partial charge in [-0.15, -0.1) is 10.2 Å². The fourth-order valence-electron chi connectivity index (χ4n) is 2.66. The number of aromatic nitrogens is 3. The van der Waals surface area contributed by atoms with Crippen molar-refractivity contribution in [3.8, 4) is 0 Å². The van der Waals surface area contributed by atoms with E-state index in [0.29, 0.717) is 5.56 Å². The van der Waals surface area contributed by atoms with Gasteiger partial charge in [0.25, 0.3) is 0 Å². The van der Waals surface area contributed by atoms with Crippen molar-refractivity contribution in [1.82, 2.24) is 14.8 Å². The van der Waals surface area contributed by atoms with E-state index in [1.54, 1.807) is 23.9 Å². The van der Waals surface area contributed by atoms with Crippen LogP contribution in [-0.2, 0) is 23.5 Å². The second kappa shape index (κ2) is 8.67. The molecule has 0 radical (unpaired) electrons. The van der Waals surface area contributed by atoms with Crippen molar-refractivity contribution in [3.05, 3.63) is 77.1 Å². The van der Waals surface area contributed by atoms with E-state index < -0.39 is 0 Å². The zero-order valence-corrected chi connectivity index (χ0v) is 15.7. The lowest BCUT2D eigenvalue weighted by Gasteiger charge is -2.08. The Bertz CT molecular complexity index is 861. The summed E-state index contributed by atoms with van der Waals surface area (Å²) in [5, 5.41) is 9.65. The highest BCUT2D eigenvalue weighted by Crippen LogP contribution is 2.23. The number of carbonyl (C=O) groups excluding carboxylic acids is 1. The summed E-state index contributed by atoms with van der Waals surface area (Å²) < 4.78 is 6.87. The molecule has 0 fully saturated rings. The fraction of sp³-hybridized carbons (Fsp3) is 0.250. The molecule has 134 valence electrons. The molecule has 26 heavy (non-hydrogen) atoms. The Morgan fingerprint density at radius 2 is 1.77 bits per heavy atom. The van der Waals surface area contributed by atoms with Crippen LogP contribution in [-0.4, -0.2) is 27.8 Å². The number of thioether (sulfide) groups is 1. The Hall–Kier alpha value is -2.60. The van der Waals surface area contributed by atoms with Crippen LogP contribution in [0.3, 0.4) is 0 Å². The van der Waals surface area contributed by atoms with E-state index in [1.165, 1.54) is 12.7 Å². The average Bonchev–Trinajstić information content (AvgIpc) is 3.08. The predicted molar refractivity (Wildman–Crippen MR) is 102 cm³/mol. The summed E-state index contributed by atoms with van der Waals surface area (Å²) in [4.78, 5) is 11.5. The SMILES string of the molecule is CCn1c(Cc2ccccc2)nnc1SCc1ccc(C(=O)OC)cc1. The highest BCUT2D eigenvalue weighted by molar-refractivity contribution is 7.98. The van der Waals surface area contributed by atoms with E-state index >= 15 is 0 Å². The first-order valence-electron chi connectivity index (χ1n) is 8.47. The van der Waals surface area contributed by atoms with E-state index in [9.17, 15) is 4.79 Å². The van der Waals surface area contributed by atoms with Crippen LogP contribution in [0.15, 0.2) is 59.8 Å². The monoisotopic (exact) mass is 367 g/mol. The molecule has 5 nitrogen and oxygen atoms in total. The van der Waals surface area contributed by atoms with Crippen LogP contribution in [0.2, 0.25) is 0 Å². The molecule has 0 bridgehead atoms. The van der Waals surface area contributed by atoms with E-state index in [-0.39, 0.29) is 5.97 Å². The van der Waals surface area contributed by atoms with Gasteiger partial charge in [-0.3, -0.25) is 0 Å². The van der Waals surface area contributed by atoms with Gasteiger partial charge < -0.3 is 9.30 Å². The number of esters is 1. The van der Waals surface area contributed by atoms with Crippen molar-refractivity contribution in [2.24, 2.45) is 0 Å². The zero-order valence-electron chi connectivity index (χ0n) is 14.9. The standard InChI is InChI=1S/C20H21N3O2S/c1-3-23-18(13-15-7-5-4-6-8-15)21-22-20(23)26-14-16-9-11-17(12-10-16)19(24)25-2/h4-12H,3,13-14H2,1-2H3. The third kappa shape index (κ3) is 4.32. The van der Waals surface area contributed by atoms with Gasteiger partial charge in [-0.05, 0) is 30.2 Å². The summed E-state index contributed by atoms with van der Waals surface area (Å²) in [6.45, 7) is 2.94. The van der Waals surface area contributed by atoms with E-state index in [4.69, 9.17) is 4.74 Å². The summed E-state index contributed by atoms with van der Waals surface area (Å²) >= 11 is 1.65. The van der Waals surface area contributed by atoms with Crippen LogP contribution in [0.1, 0.15) is 34.2 Å². The van der Waals surface area contributed by atoms with Gasteiger partial charge in [0.1, 0.15) is 5.82 Å². The number of rotatable bonds is 7. The molecule has 1 aromatic heterocycles. The lowest BCUT2D eigenvalue weighted by Crippen LogP contribution is -2.04. The lowest BCUT2D eigenvalue weighted by atomic mass is 10.1. The van der Waals surface area contributed by atoms with Gasteiger partial charge in [0, 0.05) is 18.7 Å². The van der Waals surface area contributed by atoms with E-state index in [0.717, 1.165) is 35.3 Å². The molecule has 0 amide bonds. The van der Waals surface area contributed by atoms with Crippen LogP contribution in [0, 0.1) is 0 Å². The third-order valence-electron chi connectivity index (χ3n) is 4.06. The van der Waals surface area contributed by atoms with Crippen molar-refractivity contribution in [1.29, 1.82) is 0 Å². The van der Waals surface area contributed by atoms with Gasteiger partial charge in [-0.2, -0.15) is 0 Å². The molecule has 6 heteroatoms. The summed E-state index contributed by atoms with van der Waals surface area (Å²) in [6, 6.07) is 17.7. The Labute approximate surface area is 157 Å². The van der Waals surface area contributed by atoms with Crippen molar-refractivity contribution in [2.75, 3.05) is 7.11 Å². The van der Waals surface area contributed by atoms with Crippen molar-refractivity contribution in [3.63, 3.8) is 0 Å². The summed E-state index contributed by atoms with van der Waals surface area (Å²) in [6.07, 6.45) is 0.774. The van der Waals surface area contributed by atoms with Crippen molar-refractivity contribution < 1.29 is 9.53 Å². The van der Waals surface area contributed by atoms with Gasteiger partial charge in [0.2, 0.25) is 0 Å². The molecular weight excluding hydrogens is 346 g/mol. The lowest BCUT2D eigenvalue weighted by molar-refractivity contribution is 0.0600. The number of hydrogen-bond donors (Lipinski definition) is 0. The Morgan fingerprint density at radius 1 is 1.04 bits per heavy atom. The number of methoxy groups -OCH3 is 1. The van der Waals surface area contributed by atoms with Gasteiger partial charge >= 0.3 is 5.97 Å².